The van der Waals surface area contributed by atoms with Crippen molar-refractivity contribution >= 4 is 17.3 Å². The van der Waals surface area contributed by atoms with Gasteiger partial charge in [0.2, 0.25) is 11.8 Å². The van der Waals surface area contributed by atoms with Crippen LogP contribution in [0.5, 0.6) is 5.88 Å². The zero-order valence-corrected chi connectivity index (χ0v) is 24.3. The third-order valence-corrected chi connectivity index (χ3v) is 8.70. The molecular weight excluding hydrogens is 545 g/mol. The number of anilines is 2. The fourth-order valence-electron chi connectivity index (χ4n) is 6.69. The number of halogens is 3. The molecule has 0 unspecified atom stereocenters. The first kappa shape index (κ1) is 29.7. The van der Waals surface area contributed by atoms with Crippen molar-refractivity contribution in [3.63, 3.8) is 0 Å². The summed E-state index contributed by atoms with van der Waals surface area (Å²) in [5, 5.41) is 10.4. The molecule has 2 aromatic rings. The van der Waals surface area contributed by atoms with Crippen LogP contribution in [0.4, 0.5) is 24.5 Å². The van der Waals surface area contributed by atoms with Gasteiger partial charge in [-0.3, -0.25) is 4.79 Å². The van der Waals surface area contributed by atoms with Gasteiger partial charge in [-0.05, 0) is 64.9 Å². The number of hydrogen-bond donors (Lipinski definition) is 0. The van der Waals surface area contributed by atoms with Crippen LogP contribution in [0.3, 0.4) is 0 Å². The van der Waals surface area contributed by atoms with Crippen molar-refractivity contribution in [2.24, 2.45) is 0 Å². The molecule has 0 bridgehead atoms. The van der Waals surface area contributed by atoms with Crippen molar-refractivity contribution in [1.29, 1.82) is 5.26 Å². The summed E-state index contributed by atoms with van der Waals surface area (Å²) in [6, 6.07) is 7.83. The standard InChI is InChI=1S/C31H37F3N6O2/c1-5-28(41)40-20(2)16-39(17-21(40)3)29-23-12-14-38(27-11-7-6-10-25(27)31(32,33)34)18-26(23)36-30(24(29)15-35)42-19-22-9-8-13-37(22)4/h5-7,10-11,20-22H,1,8-9,12-14,16-19H2,2-4H3/t20-,21+,22-/m0/s1. The molecule has 1 amide bonds. The Morgan fingerprint density at radius 3 is 2.52 bits per heavy atom. The van der Waals surface area contributed by atoms with Gasteiger partial charge >= 0.3 is 6.18 Å². The molecule has 3 atom stereocenters. The summed E-state index contributed by atoms with van der Waals surface area (Å²) in [5.74, 6) is 0.0676. The quantitative estimate of drug-likeness (QED) is 0.460. The second kappa shape index (κ2) is 11.8. The van der Waals surface area contributed by atoms with Crippen LogP contribution < -0.4 is 14.5 Å². The first-order chi connectivity index (χ1) is 20.0. The molecule has 5 rings (SSSR count). The average Bonchev–Trinajstić information content (AvgIpc) is 3.38. The fourth-order valence-corrected chi connectivity index (χ4v) is 6.69. The number of nitrogens with zero attached hydrogens (tertiary/aromatic N) is 6. The number of pyridine rings is 1. The van der Waals surface area contributed by atoms with Crippen molar-refractivity contribution in [3.8, 4) is 11.9 Å². The minimum absolute atomic E-state index is 0.109. The van der Waals surface area contributed by atoms with Gasteiger partial charge in [0.1, 0.15) is 18.2 Å². The number of nitriles is 1. The van der Waals surface area contributed by atoms with E-state index in [0.29, 0.717) is 49.6 Å². The Balaban J connectivity index is 1.55. The Bertz CT molecular complexity index is 1380. The number of para-hydroxylation sites is 1. The maximum absolute atomic E-state index is 13.9. The van der Waals surface area contributed by atoms with E-state index in [9.17, 15) is 23.2 Å². The lowest BCUT2D eigenvalue weighted by molar-refractivity contribution is -0.137. The first-order valence-electron chi connectivity index (χ1n) is 14.4. The lowest BCUT2D eigenvalue weighted by Crippen LogP contribution is -2.58. The van der Waals surface area contributed by atoms with E-state index in [4.69, 9.17) is 9.72 Å². The van der Waals surface area contributed by atoms with E-state index in [-0.39, 0.29) is 42.1 Å². The minimum atomic E-state index is -4.49. The van der Waals surface area contributed by atoms with Gasteiger partial charge in [0.15, 0.2) is 0 Å². The summed E-state index contributed by atoms with van der Waals surface area (Å²) >= 11 is 0. The van der Waals surface area contributed by atoms with Gasteiger partial charge in [0.25, 0.3) is 0 Å². The lowest BCUT2D eigenvalue weighted by Gasteiger charge is -2.46. The highest BCUT2D eigenvalue weighted by atomic mass is 19.4. The van der Waals surface area contributed by atoms with Crippen molar-refractivity contribution in [2.45, 2.75) is 64.0 Å². The van der Waals surface area contributed by atoms with Crippen LogP contribution >= 0.6 is 0 Å². The van der Waals surface area contributed by atoms with Gasteiger partial charge < -0.3 is 24.3 Å². The average molecular weight is 583 g/mol. The Hall–Kier alpha value is -3.78. The third-order valence-electron chi connectivity index (χ3n) is 8.70. The molecular formula is C31H37F3N6O2. The molecule has 3 aliphatic heterocycles. The molecule has 0 aliphatic carbocycles. The van der Waals surface area contributed by atoms with Gasteiger partial charge in [-0.2, -0.15) is 18.4 Å². The summed E-state index contributed by atoms with van der Waals surface area (Å²) < 4.78 is 47.9. The Morgan fingerprint density at radius 1 is 1.19 bits per heavy atom. The number of likely N-dealkylation sites (N-methyl/N-ethyl adjacent to an activating group) is 1. The van der Waals surface area contributed by atoms with Gasteiger partial charge in [0.05, 0.1) is 23.5 Å². The Morgan fingerprint density at radius 2 is 1.90 bits per heavy atom. The third kappa shape index (κ3) is 5.64. The number of rotatable bonds is 6. The molecule has 3 aliphatic rings. The Labute approximate surface area is 245 Å². The van der Waals surface area contributed by atoms with E-state index in [0.717, 1.165) is 31.0 Å². The number of hydrogen-bond acceptors (Lipinski definition) is 7. The number of piperazine rings is 1. The highest BCUT2D eigenvalue weighted by molar-refractivity contribution is 5.88. The van der Waals surface area contributed by atoms with Crippen LogP contribution in [-0.4, -0.2) is 78.7 Å². The highest BCUT2D eigenvalue weighted by Gasteiger charge is 2.38. The van der Waals surface area contributed by atoms with Crippen LogP contribution in [0.15, 0.2) is 36.9 Å². The van der Waals surface area contributed by atoms with Crippen molar-refractivity contribution in [1.82, 2.24) is 14.8 Å². The molecule has 1 aromatic carbocycles. The van der Waals surface area contributed by atoms with Crippen molar-refractivity contribution in [3.05, 3.63) is 59.3 Å². The van der Waals surface area contributed by atoms with E-state index >= 15 is 0 Å². The zero-order valence-electron chi connectivity index (χ0n) is 24.3. The first-order valence-corrected chi connectivity index (χ1v) is 14.4. The molecule has 2 fully saturated rings. The highest BCUT2D eigenvalue weighted by Crippen LogP contribution is 2.41. The van der Waals surface area contributed by atoms with Gasteiger partial charge in [-0.1, -0.05) is 18.7 Å². The maximum atomic E-state index is 13.9. The molecule has 8 nitrogen and oxygen atoms in total. The number of alkyl halides is 3. The van der Waals surface area contributed by atoms with Gasteiger partial charge in [0, 0.05) is 49.0 Å². The molecule has 1 aromatic heterocycles. The second-order valence-corrected chi connectivity index (χ2v) is 11.5. The van der Waals surface area contributed by atoms with Crippen LogP contribution in [0.1, 0.15) is 49.1 Å². The predicted octanol–water partition coefficient (Wildman–Crippen LogP) is 4.62. The van der Waals surface area contributed by atoms with E-state index in [2.05, 4.69) is 22.4 Å². The smallest absolute Gasteiger partial charge is 0.418 e. The molecule has 0 radical (unpaired) electrons. The summed E-state index contributed by atoms with van der Waals surface area (Å²) in [7, 11) is 2.04. The summed E-state index contributed by atoms with van der Waals surface area (Å²) in [5.41, 5.74) is 1.92. The number of carbonyl (C=O) groups excluding carboxylic acids is 1. The summed E-state index contributed by atoms with van der Waals surface area (Å²) in [6.45, 7) is 10.4. The van der Waals surface area contributed by atoms with Crippen LogP contribution in [0.25, 0.3) is 0 Å². The van der Waals surface area contributed by atoms with Crippen molar-refractivity contribution in [2.75, 3.05) is 49.6 Å². The SMILES string of the molecule is C=CC(=O)N1[C@H](C)CN(c2c(C#N)c(OC[C@@H]3CCCN3C)nc3c2CCN(c2ccccc2C(F)(F)F)C3)C[C@@H]1C. The molecule has 11 heteroatoms. The normalized spacial score (nSPS) is 23.0. The van der Waals surface area contributed by atoms with E-state index in [1.807, 2.05) is 20.9 Å². The number of ether oxygens (including phenoxy) is 1. The summed E-state index contributed by atoms with van der Waals surface area (Å²) in [4.78, 5) is 25.2. The number of likely N-dealkylation sites (tertiary alicyclic amines) is 1. The van der Waals surface area contributed by atoms with Crippen LogP contribution in [0.2, 0.25) is 0 Å². The molecule has 42 heavy (non-hydrogen) atoms. The zero-order chi connectivity index (χ0) is 30.2. The summed E-state index contributed by atoms with van der Waals surface area (Å²) in [6.07, 6.45) is -0.714. The molecule has 4 heterocycles. The molecule has 0 saturated carbocycles. The molecule has 0 N–H and O–H groups in total. The topological polar surface area (TPSA) is 75.9 Å². The van der Waals surface area contributed by atoms with E-state index in [1.54, 1.807) is 15.9 Å². The maximum Gasteiger partial charge on any atom is 0.418 e. The monoisotopic (exact) mass is 582 g/mol. The molecule has 224 valence electrons. The minimum Gasteiger partial charge on any atom is -0.475 e. The number of benzene rings is 1. The fraction of sp³-hybridized carbons (Fsp3) is 0.516. The van der Waals surface area contributed by atoms with E-state index in [1.165, 1.54) is 18.2 Å². The molecule has 0 spiro atoms. The van der Waals surface area contributed by atoms with E-state index < -0.39 is 11.7 Å². The van der Waals surface area contributed by atoms with Crippen LogP contribution in [0, 0.1) is 11.3 Å². The lowest BCUT2D eigenvalue weighted by atomic mass is 9.96. The van der Waals surface area contributed by atoms with Crippen molar-refractivity contribution < 1.29 is 22.7 Å². The predicted molar refractivity (Wildman–Crippen MR) is 154 cm³/mol. The van der Waals surface area contributed by atoms with Gasteiger partial charge in [-0.15, -0.1) is 0 Å². The number of aromatic nitrogens is 1. The largest absolute Gasteiger partial charge is 0.475 e. The van der Waals surface area contributed by atoms with Crippen LogP contribution in [-0.2, 0) is 23.9 Å². The molecule has 2 saturated heterocycles. The number of carbonyl (C=O) groups is 1. The number of amides is 1. The number of fused-ring (bicyclic) bond motifs is 1. The van der Waals surface area contributed by atoms with Gasteiger partial charge in [-0.25, -0.2) is 4.98 Å². The Kier molecular flexibility index (Phi) is 8.37. The second-order valence-electron chi connectivity index (χ2n) is 11.5.